The summed E-state index contributed by atoms with van der Waals surface area (Å²) in [5.41, 5.74) is 3.13. The maximum atomic E-state index is 14.1. The fourth-order valence-electron chi connectivity index (χ4n) is 4.92. The Morgan fingerprint density at radius 3 is 2.76 bits per heavy atom. The first kappa shape index (κ1) is 22.3. The summed E-state index contributed by atoms with van der Waals surface area (Å²) in [5.74, 6) is 0.409. The molecule has 2 fully saturated rings. The number of carbonyl (C=O) groups excluding carboxylic acids is 1. The smallest absolute Gasteiger partial charge is 0.236 e. The monoisotopic (exact) mass is 463 g/mol. The summed E-state index contributed by atoms with van der Waals surface area (Å²) in [4.78, 5) is 24.0. The van der Waals surface area contributed by atoms with Crippen LogP contribution < -0.4 is 4.74 Å². The summed E-state index contributed by atoms with van der Waals surface area (Å²) in [6, 6.07) is 8.46. The van der Waals surface area contributed by atoms with E-state index in [0.717, 1.165) is 37.0 Å². The number of ether oxygens (including phenoxy) is 1. The number of benzene rings is 1. The minimum atomic E-state index is -0.407. The molecule has 0 spiro atoms. The van der Waals surface area contributed by atoms with Gasteiger partial charge < -0.3 is 19.7 Å². The Balaban J connectivity index is 1.38. The molecule has 2 aliphatic heterocycles. The van der Waals surface area contributed by atoms with Gasteiger partial charge in [0.1, 0.15) is 23.3 Å². The van der Waals surface area contributed by atoms with E-state index in [1.165, 1.54) is 25.4 Å². The van der Waals surface area contributed by atoms with Crippen molar-refractivity contribution >= 4 is 16.9 Å². The number of halogens is 1. The van der Waals surface area contributed by atoms with Gasteiger partial charge in [0.25, 0.3) is 0 Å². The van der Waals surface area contributed by atoms with E-state index in [0.29, 0.717) is 47.7 Å². The number of carbonyl (C=O) groups is 1. The Bertz CT molecular complexity index is 1270. The third kappa shape index (κ3) is 4.11. The molecule has 0 saturated carbocycles. The SMILES string of the molecule is COc1ccc(F)cc1-c1c(C#N)cnc2[nH]c(C3CCN(CC(=O)N4CC(O)C4)CC3)cc12. The molecule has 1 amide bonds. The minimum absolute atomic E-state index is 0.0660. The van der Waals surface area contributed by atoms with Crippen molar-refractivity contribution in [3.05, 3.63) is 47.5 Å². The molecule has 0 radical (unpaired) electrons. The summed E-state index contributed by atoms with van der Waals surface area (Å²) in [6.07, 6.45) is 2.88. The van der Waals surface area contributed by atoms with Crippen LogP contribution in [0.5, 0.6) is 5.75 Å². The highest BCUT2D eigenvalue weighted by Gasteiger charge is 2.31. The number of amides is 1. The minimum Gasteiger partial charge on any atom is -0.496 e. The zero-order valence-corrected chi connectivity index (χ0v) is 18.9. The van der Waals surface area contributed by atoms with Crippen molar-refractivity contribution in [3.63, 3.8) is 0 Å². The zero-order chi connectivity index (χ0) is 23.8. The number of rotatable bonds is 5. The Labute approximate surface area is 196 Å². The second-order valence-electron chi connectivity index (χ2n) is 8.99. The van der Waals surface area contributed by atoms with Crippen molar-refractivity contribution in [2.45, 2.75) is 24.9 Å². The van der Waals surface area contributed by atoms with E-state index in [1.54, 1.807) is 11.0 Å². The van der Waals surface area contributed by atoms with Gasteiger partial charge in [-0.15, -0.1) is 0 Å². The number of pyridine rings is 1. The summed E-state index contributed by atoms with van der Waals surface area (Å²) in [6.45, 7) is 2.83. The van der Waals surface area contributed by atoms with Gasteiger partial charge in [-0.25, -0.2) is 9.37 Å². The molecule has 5 rings (SSSR count). The number of aliphatic hydroxyl groups is 1. The Kier molecular flexibility index (Phi) is 5.94. The average molecular weight is 464 g/mol. The number of hydrogen-bond donors (Lipinski definition) is 2. The number of nitrogens with one attached hydrogen (secondary N) is 1. The molecule has 0 aliphatic carbocycles. The average Bonchev–Trinajstić information content (AvgIpc) is 3.26. The largest absolute Gasteiger partial charge is 0.496 e. The number of aromatic amines is 1. The van der Waals surface area contributed by atoms with Crippen LogP contribution in [0.3, 0.4) is 0 Å². The molecule has 9 heteroatoms. The lowest BCUT2D eigenvalue weighted by Crippen LogP contribution is -2.56. The van der Waals surface area contributed by atoms with Gasteiger partial charge in [0, 0.05) is 47.4 Å². The second-order valence-corrected chi connectivity index (χ2v) is 8.99. The molecule has 3 aromatic rings. The molecule has 2 saturated heterocycles. The maximum Gasteiger partial charge on any atom is 0.236 e. The predicted octanol–water partition coefficient (Wildman–Crippen LogP) is 2.63. The highest BCUT2D eigenvalue weighted by molar-refractivity contribution is 5.98. The number of methoxy groups -OCH3 is 1. The number of likely N-dealkylation sites (tertiary alicyclic amines) is 2. The van der Waals surface area contributed by atoms with Crippen LogP contribution in [0.2, 0.25) is 0 Å². The van der Waals surface area contributed by atoms with Crippen molar-refractivity contribution in [1.29, 1.82) is 5.26 Å². The van der Waals surface area contributed by atoms with Gasteiger partial charge in [0.05, 0.1) is 25.3 Å². The van der Waals surface area contributed by atoms with Crippen LogP contribution in [0.15, 0.2) is 30.5 Å². The number of aliphatic hydroxyl groups excluding tert-OH is 1. The van der Waals surface area contributed by atoms with E-state index in [-0.39, 0.29) is 17.9 Å². The molecule has 34 heavy (non-hydrogen) atoms. The fraction of sp³-hybridized carbons (Fsp3) is 0.400. The lowest BCUT2D eigenvalue weighted by molar-refractivity contribution is -0.142. The Morgan fingerprint density at radius 2 is 2.09 bits per heavy atom. The van der Waals surface area contributed by atoms with Gasteiger partial charge in [0.15, 0.2) is 0 Å². The second kappa shape index (κ2) is 9.05. The standard InChI is InChI=1S/C25H26FN5O3/c1-34-22-3-2-17(26)8-19(22)24-16(10-27)11-28-25-20(24)9-21(29-25)15-4-6-30(7-5-15)14-23(33)31-12-18(32)13-31/h2-3,8-9,11,15,18,32H,4-7,12-14H2,1H3,(H,28,29). The quantitative estimate of drug-likeness (QED) is 0.603. The first-order chi connectivity index (χ1) is 16.5. The lowest BCUT2D eigenvalue weighted by Gasteiger charge is -2.38. The van der Waals surface area contributed by atoms with Crippen LogP contribution in [-0.4, -0.2) is 76.7 Å². The predicted molar refractivity (Wildman–Crippen MR) is 124 cm³/mol. The van der Waals surface area contributed by atoms with Gasteiger partial charge in [-0.3, -0.25) is 9.69 Å². The number of β-amino-alcohol motifs (C(OH)–C–C–N with tert-alkyl or cyclic N) is 1. The fourth-order valence-corrected chi connectivity index (χ4v) is 4.92. The first-order valence-corrected chi connectivity index (χ1v) is 11.4. The molecule has 2 N–H and O–H groups in total. The van der Waals surface area contributed by atoms with Crippen molar-refractivity contribution in [1.82, 2.24) is 19.8 Å². The van der Waals surface area contributed by atoms with Crippen LogP contribution in [-0.2, 0) is 4.79 Å². The number of nitriles is 1. The molecule has 0 atom stereocenters. The van der Waals surface area contributed by atoms with Gasteiger partial charge in [-0.1, -0.05) is 0 Å². The number of aromatic nitrogens is 2. The van der Waals surface area contributed by atoms with Gasteiger partial charge in [0.2, 0.25) is 5.91 Å². The van der Waals surface area contributed by atoms with Crippen LogP contribution in [0.4, 0.5) is 4.39 Å². The lowest BCUT2D eigenvalue weighted by atomic mass is 9.92. The molecule has 2 aromatic heterocycles. The zero-order valence-electron chi connectivity index (χ0n) is 18.9. The molecule has 8 nitrogen and oxygen atoms in total. The summed E-state index contributed by atoms with van der Waals surface area (Å²) in [5, 5.41) is 19.9. The number of piperidine rings is 1. The van der Waals surface area contributed by atoms with Crippen molar-refractivity contribution in [2.75, 3.05) is 39.8 Å². The summed E-state index contributed by atoms with van der Waals surface area (Å²) in [7, 11) is 1.52. The van der Waals surface area contributed by atoms with Crippen molar-refractivity contribution < 1.29 is 19.0 Å². The number of nitrogens with zero attached hydrogens (tertiary/aromatic N) is 4. The number of fused-ring (bicyclic) bond motifs is 1. The molecule has 4 heterocycles. The Morgan fingerprint density at radius 1 is 1.32 bits per heavy atom. The molecule has 0 bridgehead atoms. The Hall–Kier alpha value is -3.48. The molecule has 0 unspecified atom stereocenters. The normalized spacial score (nSPS) is 17.5. The van der Waals surface area contributed by atoms with E-state index >= 15 is 0 Å². The van der Waals surface area contributed by atoms with Crippen LogP contribution in [0.25, 0.3) is 22.2 Å². The first-order valence-electron chi connectivity index (χ1n) is 11.4. The molecule has 2 aliphatic rings. The van der Waals surface area contributed by atoms with Gasteiger partial charge in [-0.2, -0.15) is 5.26 Å². The highest BCUT2D eigenvalue weighted by atomic mass is 19.1. The molecule has 176 valence electrons. The van der Waals surface area contributed by atoms with Crippen LogP contribution >= 0.6 is 0 Å². The van der Waals surface area contributed by atoms with E-state index in [1.807, 2.05) is 6.07 Å². The van der Waals surface area contributed by atoms with Crippen LogP contribution in [0.1, 0.15) is 30.0 Å². The van der Waals surface area contributed by atoms with Crippen LogP contribution in [0, 0.1) is 17.1 Å². The third-order valence-electron chi connectivity index (χ3n) is 6.83. The molecular weight excluding hydrogens is 437 g/mol. The van der Waals surface area contributed by atoms with E-state index in [4.69, 9.17) is 4.74 Å². The van der Waals surface area contributed by atoms with Crippen molar-refractivity contribution in [2.24, 2.45) is 0 Å². The van der Waals surface area contributed by atoms with Crippen molar-refractivity contribution in [3.8, 4) is 22.9 Å². The number of H-pyrrole nitrogens is 1. The third-order valence-corrected chi connectivity index (χ3v) is 6.83. The summed E-state index contributed by atoms with van der Waals surface area (Å²) < 4.78 is 19.6. The number of hydrogen-bond acceptors (Lipinski definition) is 6. The summed E-state index contributed by atoms with van der Waals surface area (Å²) >= 11 is 0. The maximum absolute atomic E-state index is 14.1. The highest BCUT2D eigenvalue weighted by Crippen LogP contribution is 2.39. The van der Waals surface area contributed by atoms with E-state index < -0.39 is 5.82 Å². The van der Waals surface area contributed by atoms with E-state index in [2.05, 4.69) is 20.9 Å². The van der Waals surface area contributed by atoms with E-state index in [9.17, 15) is 19.6 Å². The topological polar surface area (TPSA) is 105 Å². The van der Waals surface area contributed by atoms with Gasteiger partial charge >= 0.3 is 0 Å². The molecular formula is C25H26FN5O3. The molecule has 1 aromatic carbocycles. The van der Waals surface area contributed by atoms with Gasteiger partial charge in [-0.05, 0) is 50.2 Å².